The van der Waals surface area contributed by atoms with Gasteiger partial charge in [0.25, 0.3) is 0 Å². The Morgan fingerprint density at radius 3 is 2.86 bits per heavy atom. The third-order valence-corrected chi connectivity index (χ3v) is 4.03. The maximum absolute atomic E-state index is 13.7. The van der Waals surface area contributed by atoms with E-state index in [0.29, 0.717) is 12.1 Å². The zero-order valence-electron chi connectivity index (χ0n) is 11.4. The minimum atomic E-state index is -0.452. The lowest BCUT2D eigenvalue weighted by Crippen LogP contribution is -2.24. The molecule has 0 fully saturated rings. The van der Waals surface area contributed by atoms with Crippen LogP contribution in [-0.4, -0.2) is 12.6 Å². The second-order valence-electron chi connectivity index (χ2n) is 5.16. The molecule has 1 aliphatic heterocycles. The van der Waals surface area contributed by atoms with E-state index in [-0.39, 0.29) is 11.8 Å². The number of ether oxygens (including phenoxy) is 1. The van der Waals surface area contributed by atoms with E-state index in [2.05, 4.69) is 21.2 Å². The zero-order chi connectivity index (χ0) is 15.0. The van der Waals surface area contributed by atoms with E-state index in [1.807, 2.05) is 18.2 Å². The fourth-order valence-electron chi connectivity index (χ4n) is 2.41. The van der Waals surface area contributed by atoms with Crippen LogP contribution in [0, 0.1) is 18.6 Å². The minimum Gasteiger partial charge on any atom is -0.488 e. The highest BCUT2D eigenvalue weighted by molar-refractivity contribution is 9.10. The number of hydrogen-bond acceptors (Lipinski definition) is 2. The molecule has 0 saturated carbocycles. The summed E-state index contributed by atoms with van der Waals surface area (Å²) in [6, 6.07) is 8.22. The van der Waals surface area contributed by atoms with Crippen molar-refractivity contribution in [1.29, 1.82) is 0 Å². The molecule has 110 valence electrons. The van der Waals surface area contributed by atoms with E-state index in [9.17, 15) is 8.78 Å². The van der Waals surface area contributed by atoms with E-state index in [1.165, 1.54) is 19.1 Å². The van der Waals surface area contributed by atoms with Crippen molar-refractivity contribution in [2.75, 3.05) is 11.9 Å². The summed E-state index contributed by atoms with van der Waals surface area (Å²) < 4.78 is 34.0. The Labute approximate surface area is 130 Å². The molecule has 1 unspecified atom stereocenters. The highest BCUT2D eigenvalue weighted by Crippen LogP contribution is 2.31. The van der Waals surface area contributed by atoms with Crippen LogP contribution in [0.1, 0.15) is 11.1 Å². The van der Waals surface area contributed by atoms with E-state index < -0.39 is 11.6 Å². The second-order valence-corrected chi connectivity index (χ2v) is 6.07. The summed E-state index contributed by atoms with van der Waals surface area (Å²) in [5, 5.41) is 2.92. The van der Waals surface area contributed by atoms with Gasteiger partial charge in [-0.25, -0.2) is 8.78 Å². The number of anilines is 1. The van der Waals surface area contributed by atoms with Gasteiger partial charge in [0.05, 0.1) is 12.2 Å². The normalized spacial score (nSPS) is 16.5. The van der Waals surface area contributed by atoms with Gasteiger partial charge in [0, 0.05) is 17.0 Å². The lowest BCUT2D eigenvalue weighted by molar-refractivity contribution is 0.246. The lowest BCUT2D eigenvalue weighted by Gasteiger charge is -2.14. The van der Waals surface area contributed by atoms with Crippen molar-refractivity contribution in [3.63, 3.8) is 0 Å². The van der Waals surface area contributed by atoms with Crippen molar-refractivity contribution in [1.82, 2.24) is 0 Å². The van der Waals surface area contributed by atoms with Gasteiger partial charge in [0.2, 0.25) is 0 Å². The topological polar surface area (TPSA) is 21.3 Å². The summed E-state index contributed by atoms with van der Waals surface area (Å²) in [6.45, 7) is 1.96. The molecule has 0 spiro atoms. The van der Waals surface area contributed by atoms with E-state index in [4.69, 9.17) is 4.74 Å². The molecular weight excluding hydrogens is 340 g/mol. The first-order valence-electron chi connectivity index (χ1n) is 6.67. The summed E-state index contributed by atoms with van der Waals surface area (Å²) in [7, 11) is 0. The van der Waals surface area contributed by atoms with Gasteiger partial charge in [-0.2, -0.15) is 0 Å². The largest absolute Gasteiger partial charge is 0.488 e. The predicted octanol–water partition coefficient (Wildman–Crippen LogP) is 4.45. The Morgan fingerprint density at radius 1 is 1.24 bits per heavy atom. The molecule has 21 heavy (non-hydrogen) atoms. The Bertz CT molecular complexity index is 690. The minimum absolute atomic E-state index is 0.0851. The number of nitrogens with one attached hydrogen (secondary N) is 1. The quantitative estimate of drug-likeness (QED) is 0.879. The molecule has 3 rings (SSSR count). The average molecular weight is 354 g/mol. The summed E-state index contributed by atoms with van der Waals surface area (Å²) in [6.07, 6.45) is 0.663. The second kappa shape index (κ2) is 5.64. The Kier molecular flexibility index (Phi) is 3.85. The first-order chi connectivity index (χ1) is 10.0. The Morgan fingerprint density at radius 2 is 2.05 bits per heavy atom. The van der Waals surface area contributed by atoms with Gasteiger partial charge < -0.3 is 10.1 Å². The van der Waals surface area contributed by atoms with Crippen molar-refractivity contribution >= 4 is 21.6 Å². The summed E-state index contributed by atoms with van der Waals surface area (Å²) >= 11 is 3.42. The smallest absolute Gasteiger partial charge is 0.146 e. The maximum atomic E-state index is 13.7. The van der Waals surface area contributed by atoms with Crippen molar-refractivity contribution in [2.45, 2.75) is 19.4 Å². The van der Waals surface area contributed by atoms with E-state index in [0.717, 1.165) is 22.2 Å². The average Bonchev–Trinajstić information content (AvgIpc) is 2.83. The molecule has 1 aliphatic rings. The summed E-state index contributed by atoms with van der Waals surface area (Å²) in [5.74, 6) is -0.0221. The van der Waals surface area contributed by atoms with E-state index >= 15 is 0 Å². The SMILES string of the molecule is Cc1cc(F)c(NCC2Cc3cc(Br)ccc3O2)cc1F. The van der Waals surface area contributed by atoms with Gasteiger partial charge in [0.1, 0.15) is 23.5 Å². The Hall–Kier alpha value is -1.62. The van der Waals surface area contributed by atoms with Crippen LogP contribution >= 0.6 is 15.9 Å². The van der Waals surface area contributed by atoms with Gasteiger partial charge in [-0.05, 0) is 42.3 Å². The molecule has 0 aromatic heterocycles. The molecule has 0 saturated heterocycles. The third kappa shape index (κ3) is 3.02. The monoisotopic (exact) mass is 353 g/mol. The van der Waals surface area contributed by atoms with Crippen LogP contribution in [0.4, 0.5) is 14.5 Å². The highest BCUT2D eigenvalue weighted by atomic mass is 79.9. The molecule has 2 nitrogen and oxygen atoms in total. The van der Waals surface area contributed by atoms with Crippen LogP contribution in [0.2, 0.25) is 0 Å². The van der Waals surface area contributed by atoms with Gasteiger partial charge in [-0.1, -0.05) is 15.9 Å². The lowest BCUT2D eigenvalue weighted by atomic mass is 10.1. The maximum Gasteiger partial charge on any atom is 0.146 e. The van der Waals surface area contributed by atoms with Crippen LogP contribution in [0.3, 0.4) is 0 Å². The fraction of sp³-hybridized carbons (Fsp3) is 0.250. The molecule has 2 aromatic carbocycles. The number of rotatable bonds is 3. The van der Waals surface area contributed by atoms with Gasteiger partial charge in [0.15, 0.2) is 0 Å². The third-order valence-electron chi connectivity index (χ3n) is 3.53. The molecule has 0 aliphatic carbocycles. The molecule has 1 atom stereocenters. The van der Waals surface area contributed by atoms with Crippen molar-refractivity contribution in [3.05, 3.63) is 57.6 Å². The molecule has 0 amide bonds. The molecule has 1 heterocycles. The summed E-state index contributed by atoms with van der Waals surface area (Å²) in [5.41, 5.74) is 1.58. The first-order valence-corrected chi connectivity index (χ1v) is 7.47. The molecule has 0 bridgehead atoms. The predicted molar refractivity (Wildman–Crippen MR) is 81.8 cm³/mol. The molecule has 2 aromatic rings. The van der Waals surface area contributed by atoms with E-state index in [1.54, 1.807) is 0 Å². The van der Waals surface area contributed by atoms with Crippen LogP contribution in [0.5, 0.6) is 5.75 Å². The number of benzene rings is 2. The van der Waals surface area contributed by atoms with Crippen LogP contribution in [0.25, 0.3) is 0 Å². The van der Waals surface area contributed by atoms with Crippen molar-refractivity contribution in [2.24, 2.45) is 0 Å². The highest BCUT2D eigenvalue weighted by Gasteiger charge is 2.23. The molecular formula is C16H14BrF2NO. The standard InChI is InChI=1S/C16H14BrF2NO/c1-9-4-14(19)15(7-13(9)18)20-8-12-6-10-5-11(17)2-3-16(10)21-12/h2-5,7,12,20H,6,8H2,1H3. The van der Waals surface area contributed by atoms with Crippen molar-refractivity contribution in [3.8, 4) is 5.75 Å². The van der Waals surface area contributed by atoms with Gasteiger partial charge >= 0.3 is 0 Å². The van der Waals surface area contributed by atoms with Crippen LogP contribution < -0.4 is 10.1 Å². The number of halogens is 3. The number of hydrogen-bond donors (Lipinski definition) is 1. The van der Waals surface area contributed by atoms with Crippen molar-refractivity contribution < 1.29 is 13.5 Å². The summed E-state index contributed by atoms with van der Waals surface area (Å²) in [4.78, 5) is 0. The molecule has 5 heteroatoms. The number of aryl methyl sites for hydroxylation is 1. The van der Waals surface area contributed by atoms with Gasteiger partial charge in [-0.15, -0.1) is 0 Å². The van der Waals surface area contributed by atoms with Crippen LogP contribution in [-0.2, 0) is 6.42 Å². The molecule has 1 N–H and O–H groups in total. The Balaban J connectivity index is 1.66. The van der Waals surface area contributed by atoms with Gasteiger partial charge in [-0.3, -0.25) is 0 Å². The fourth-order valence-corrected chi connectivity index (χ4v) is 2.82. The zero-order valence-corrected chi connectivity index (χ0v) is 13.0. The van der Waals surface area contributed by atoms with Crippen LogP contribution in [0.15, 0.2) is 34.8 Å². The molecule has 0 radical (unpaired) electrons. The number of fused-ring (bicyclic) bond motifs is 1. The first kappa shape index (κ1) is 14.3.